The number of phenolic OH excluding ortho intramolecular Hbond substituents is 3. The van der Waals surface area contributed by atoms with Crippen molar-refractivity contribution >= 4 is 0 Å². The van der Waals surface area contributed by atoms with Gasteiger partial charge in [-0.15, -0.1) is 0 Å². The highest BCUT2D eigenvalue weighted by atomic mass is 16.5. The van der Waals surface area contributed by atoms with E-state index in [2.05, 4.69) is 0 Å². The van der Waals surface area contributed by atoms with Crippen molar-refractivity contribution in [3.05, 3.63) is 47.5 Å². The second kappa shape index (κ2) is 4.39. The molecule has 4 nitrogen and oxygen atoms in total. The molecule has 0 saturated carbocycles. The van der Waals surface area contributed by atoms with Gasteiger partial charge in [-0.3, -0.25) is 0 Å². The van der Waals surface area contributed by atoms with Crippen molar-refractivity contribution < 1.29 is 20.1 Å². The third kappa shape index (κ3) is 2.29. The summed E-state index contributed by atoms with van der Waals surface area (Å²) in [4.78, 5) is 0. The van der Waals surface area contributed by atoms with E-state index < -0.39 is 0 Å². The van der Waals surface area contributed by atoms with Crippen molar-refractivity contribution in [3.8, 4) is 23.0 Å². The molecule has 2 aromatic carbocycles. The maximum atomic E-state index is 9.76. The Bertz CT molecular complexity index is 604. The van der Waals surface area contributed by atoms with Crippen LogP contribution in [0.4, 0.5) is 0 Å². The molecule has 0 spiro atoms. The molecule has 0 aliphatic carbocycles. The first-order valence-corrected chi connectivity index (χ1v) is 6.11. The van der Waals surface area contributed by atoms with Crippen LogP contribution in [0.25, 0.3) is 0 Å². The highest BCUT2D eigenvalue weighted by Crippen LogP contribution is 2.39. The molecule has 0 saturated heterocycles. The maximum absolute atomic E-state index is 9.76. The van der Waals surface area contributed by atoms with Crippen LogP contribution in [0.1, 0.15) is 11.1 Å². The van der Waals surface area contributed by atoms with E-state index >= 15 is 0 Å². The Balaban J connectivity index is 1.77. The lowest BCUT2D eigenvalue weighted by Crippen LogP contribution is -2.16. The average Bonchev–Trinajstić information content (AvgIpc) is 2.75. The molecular formula is C15H14O4. The fraction of sp³-hybridized carbons (Fsp3) is 0.200. The van der Waals surface area contributed by atoms with E-state index in [0.29, 0.717) is 18.6 Å². The summed E-state index contributed by atoms with van der Waals surface area (Å²) in [6.45, 7) is 0. The Morgan fingerprint density at radius 3 is 2.47 bits per heavy atom. The van der Waals surface area contributed by atoms with E-state index in [4.69, 9.17) is 4.74 Å². The summed E-state index contributed by atoms with van der Waals surface area (Å²) in [5.74, 6) is 0.855. The standard InChI is InChI=1S/C15H14O4/c16-10-3-1-9(2-4-10)5-12-8-13-14(18)6-11(17)7-15(13)19-12/h1-4,6-7,12,16-18H,5,8H2. The summed E-state index contributed by atoms with van der Waals surface area (Å²) < 4.78 is 5.72. The molecular weight excluding hydrogens is 244 g/mol. The fourth-order valence-electron chi connectivity index (χ4n) is 2.38. The lowest BCUT2D eigenvalue weighted by Gasteiger charge is -2.10. The van der Waals surface area contributed by atoms with E-state index in [1.807, 2.05) is 12.1 Å². The van der Waals surface area contributed by atoms with Crippen molar-refractivity contribution in [1.82, 2.24) is 0 Å². The summed E-state index contributed by atoms with van der Waals surface area (Å²) >= 11 is 0. The van der Waals surface area contributed by atoms with Crippen LogP contribution >= 0.6 is 0 Å². The van der Waals surface area contributed by atoms with Gasteiger partial charge in [0.1, 0.15) is 29.1 Å². The Hall–Kier alpha value is -2.36. The SMILES string of the molecule is Oc1ccc(CC2Cc3c(O)cc(O)cc3O2)cc1. The zero-order valence-corrected chi connectivity index (χ0v) is 10.2. The zero-order chi connectivity index (χ0) is 13.4. The molecule has 1 aliphatic rings. The van der Waals surface area contributed by atoms with Crippen LogP contribution in [0.5, 0.6) is 23.0 Å². The van der Waals surface area contributed by atoms with Gasteiger partial charge in [-0.2, -0.15) is 0 Å². The van der Waals surface area contributed by atoms with Gasteiger partial charge in [-0.1, -0.05) is 12.1 Å². The highest BCUT2D eigenvalue weighted by molar-refractivity contribution is 5.52. The van der Waals surface area contributed by atoms with Gasteiger partial charge in [0.2, 0.25) is 0 Å². The van der Waals surface area contributed by atoms with E-state index in [0.717, 1.165) is 11.1 Å². The normalized spacial score (nSPS) is 16.9. The van der Waals surface area contributed by atoms with Crippen molar-refractivity contribution in [2.45, 2.75) is 18.9 Å². The van der Waals surface area contributed by atoms with Crippen LogP contribution in [0.3, 0.4) is 0 Å². The number of fused-ring (bicyclic) bond motifs is 1. The smallest absolute Gasteiger partial charge is 0.130 e. The van der Waals surface area contributed by atoms with Gasteiger partial charge in [0.15, 0.2) is 0 Å². The molecule has 1 unspecified atom stereocenters. The van der Waals surface area contributed by atoms with Crippen molar-refractivity contribution in [3.63, 3.8) is 0 Å². The Morgan fingerprint density at radius 1 is 1.00 bits per heavy atom. The minimum atomic E-state index is -0.0627. The molecule has 0 bridgehead atoms. The number of phenols is 3. The fourth-order valence-corrected chi connectivity index (χ4v) is 2.38. The molecule has 0 fully saturated rings. The molecule has 4 heteroatoms. The van der Waals surface area contributed by atoms with Gasteiger partial charge in [-0.25, -0.2) is 0 Å². The molecule has 3 N–H and O–H groups in total. The first kappa shape index (κ1) is 11.7. The Kier molecular flexibility index (Phi) is 2.71. The van der Waals surface area contributed by atoms with Crippen molar-refractivity contribution in [1.29, 1.82) is 0 Å². The van der Waals surface area contributed by atoms with Gasteiger partial charge >= 0.3 is 0 Å². The minimum absolute atomic E-state index is 0.00142. The van der Waals surface area contributed by atoms with Crippen LogP contribution in [-0.2, 0) is 12.8 Å². The van der Waals surface area contributed by atoms with Gasteiger partial charge in [0, 0.05) is 30.5 Å². The van der Waals surface area contributed by atoms with E-state index in [1.165, 1.54) is 12.1 Å². The van der Waals surface area contributed by atoms with Crippen molar-refractivity contribution in [2.75, 3.05) is 0 Å². The topological polar surface area (TPSA) is 69.9 Å². The molecule has 0 aromatic heterocycles. The van der Waals surface area contributed by atoms with Gasteiger partial charge < -0.3 is 20.1 Å². The molecule has 19 heavy (non-hydrogen) atoms. The average molecular weight is 258 g/mol. The molecule has 0 radical (unpaired) electrons. The summed E-state index contributed by atoms with van der Waals surface area (Å²) in [6.07, 6.45) is 1.24. The van der Waals surface area contributed by atoms with Crippen LogP contribution in [-0.4, -0.2) is 21.4 Å². The number of ether oxygens (including phenoxy) is 1. The van der Waals surface area contributed by atoms with Gasteiger partial charge in [0.05, 0.1) is 0 Å². The summed E-state index contributed by atoms with van der Waals surface area (Å²) in [6, 6.07) is 9.82. The van der Waals surface area contributed by atoms with E-state index in [9.17, 15) is 15.3 Å². The molecule has 3 rings (SSSR count). The van der Waals surface area contributed by atoms with E-state index in [-0.39, 0.29) is 23.4 Å². The van der Waals surface area contributed by atoms with Gasteiger partial charge in [-0.05, 0) is 17.7 Å². The highest BCUT2D eigenvalue weighted by Gasteiger charge is 2.26. The van der Waals surface area contributed by atoms with Crippen LogP contribution in [0.15, 0.2) is 36.4 Å². The number of benzene rings is 2. The van der Waals surface area contributed by atoms with Crippen LogP contribution in [0.2, 0.25) is 0 Å². The zero-order valence-electron chi connectivity index (χ0n) is 10.2. The second-order valence-corrected chi connectivity index (χ2v) is 4.76. The number of hydrogen-bond donors (Lipinski definition) is 3. The van der Waals surface area contributed by atoms with Crippen LogP contribution < -0.4 is 4.74 Å². The lowest BCUT2D eigenvalue weighted by molar-refractivity contribution is 0.232. The maximum Gasteiger partial charge on any atom is 0.130 e. The molecule has 1 heterocycles. The predicted molar refractivity (Wildman–Crippen MR) is 69.7 cm³/mol. The lowest BCUT2D eigenvalue weighted by atomic mass is 10.0. The summed E-state index contributed by atoms with van der Waals surface area (Å²) in [5.41, 5.74) is 1.79. The molecule has 98 valence electrons. The largest absolute Gasteiger partial charge is 0.508 e. The number of hydrogen-bond acceptors (Lipinski definition) is 4. The van der Waals surface area contributed by atoms with Crippen LogP contribution in [0, 0.1) is 0 Å². The third-order valence-corrected chi connectivity index (χ3v) is 3.30. The molecule has 0 amide bonds. The first-order chi connectivity index (χ1) is 9.11. The molecule has 1 aliphatic heterocycles. The van der Waals surface area contributed by atoms with Crippen molar-refractivity contribution in [2.24, 2.45) is 0 Å². The second-order valence-electron chi connectivity index (χ2n) is 4.76. The first-order valence-electron chi connectivity index (χ1n) is 6.11. The molecule has 2 aromatic rings. The summed E-state index contributed by atoms with van der Waals surface area (Å²) in [7, 11) is 0. The monoisotopic (exact) mass is 258 g/mol. The molecule has 1 atom stereocenters. The Morgan fingerprint density at radius 2 is 1.74 bits per heavy atom. The third-order valence-electron chi connectivity index (χ3n) is 3.30. The predicted octanol–water partition coefficient (Wildman–Crippen LogP) is 2.35. The van der Waals surface area contributed by atoms with E-state index in [1.54, 1.807) is 12.1 Å². The van der Waals surface area contributed by atoms with Gasteiger partial charge in [0.25, 0.3) is 0 Å². The minimum Gasteiger partial charge on any atom is -0.508 e. The number of aromatic hydroxyl groups is 3. The summed E-state index contributed by atoms with van der Waals surface area (Å²) in [5, 5.41) is 28.4. The quantitative estimate of drug-likeness (QED) is 0.773. The number of rotatable bonds is 2. The Labute approximate surface area is 110 Å².